The first kappa shape index (κ1) is 15.6. The zero-order chi connectivity index (χ0) is 16.3. The molecule has 1 unspecified atom stereocenters. The van der Waals surface area contributed by atoms with E-state index in [1.165, 1.54) is 6.92 Å². The van der Waals surface area contributed by atoms with Crippen LogP contribution in [0.25, 0.3) is 5.57 Å². The molecule has 5 heteroatoms. The molecule has 2 aliphatic rings. The third-order valence-electron chi connectivity index (χ3n) is 3.89. The van der Waals surface area contributed by atoms with Crippen LogP contribution in [0.2, 0.25) is 0 Å². The Morgan fingerprint density at radius 1 is 1.26 bits per heavy atom. The summed E-state index contributed by atoms with van der Waals surface area (Å²) in [6.07, 6.45) is 6.38. The zero-order valence-corrected chi connectivity index (χ0v) is 12.9. The largest absolute Gasteiger partial charge is 0.433 e. The van der Waals surface area contributed by atoms with Gasteiger partial charge in [0.1, 0.15) is 5.75 Å². The normalized spacial score (nSPS) is 24.0. The maximum absolute atomic E-state index is 13.3. The number of azo groups is 1. The Bertz CT molecular complexity index is 687. The zero-order valence-electron chi connectivity index (χ0n) is 12.9. The predicted molar refractivity (Wildman–Crippen MR) is 85.4 cm³/mol. The summed E-state index contributed by atoms with van der Waals surface area (Å²) in [5, 5.41) is 8.19. The Hall–Kier alpha value is -2.30. The topological polar surface area (TPSA) is 34.0 Å². The fourth-order valence-electron chi connectivity index (χ4n) is 2.52. The maximum atomic E-state index is 13.3. The minimum absolute atomic E-state index is 0.126. The summed E-state index contributed by atoms with van der Waals surface area (Å²) in [5.74, 6) is 0.166. The van der Waals surface area contributed by atoms with Crippen LogP contribution in [0.5, 0.6) is 5.75 Å². The van der Waals surface area contributed by atoms with Gasteiger partial charge >= 0.3 is 6.11 Å². The standard InChI is InChI=1S/C18H18F2N2O/c1-2-18(19,20)23-16-9-7-13(8-10-16)14-5-3-4-6-17-15(11-14)12-21-22-17/h3,5,7-12,17H,2,4,6H2,1H3/b5-3-,14-11+. The molecule has 1 aliphatic carbocycles. The first-order valence-electron chi connectivity index (χ1n) is 7.73. The molecule has 0 amide bonds. The molecule has 0 saturated carbocycles. The smallest absolute Gasteiger partial charge is 0.397 e. The van der Waals surface area contributed by atoms with Crippen molar-refractivity contribution >= 4 is 5.57 Å². The van der Waals surface area contributed by atoms with Crippen molar-refractivity contribution < 1.29 is 13.5 Å². The molecule has 0 N–H and O–H groups in total. The molecular formula is C18H18F2N2O. The molecule has 0 bridgehead atoms. The van der Waals surface area contributed by atoms with E-state index >= 15 is 0 Å². The second kappa shape index (κ2) is 6.44. The lowest BCUT2D eigenvalue weighted by molar-refractivity contribution is -0.177. The Kier molecular flexibility index (Phi) is 4.37. The second-order valence-corrected chi connectivity index (χ2v) is 5.57. The van der Waals surface area contributed by atoms with Crippen molar-refractivity contribution in [2.24, 2.45) is 10.2 Å². The highest BCUT2D eigenvalue weighted by atomic mass is 19.3. The minimum Gasteiger partial charge on any atom is -0.433 e. The van der Waals surface area contributed by atoms with E-state index in [4.69, 9.17) is 4.74 Å². The first-order chi connectivity index (χ1) is 11.1. The van der Waals surface area contributed by atoms with Gasteiger partial charge in [-0.05, 0) is 47.8 Å². The lowest BCUT2D eigenvalue weighted by Gasteiger charge is -2.16. The van der Waals surface area contributed by atoms with Crippen LogP contribution in [0.4, 0.5) is 8.78 Å². The predicted octanol–water partition coefficient (Wildman–Crippen LogP) is 5.52. The quantitative estimate of drug-likeness (QED) is 0.720. The molecule has 0 fully saturated rings. The van der Waals surface area contributed by atoms with E-state index in [0.29, 0.717) is 0 Å². The molecule has 23 heavy (non-hydrogen) atoms. The number of hydrogen-bond acceptors (Lipinski definition) is 3. The second-order valence-electron chi connectivity index (χ2n) is 5.57. The SMILES string of the molecule is CCC(F)(F)Oc1ccc(C2=C/C3=CN=NC3CC/C=C\2)cc1. The van der Waals surface area contributed by atoms with Crippen LogP contribution < -0.4 is 4.74 Å². The number of ether oxygens (including phenoxy) is 1. The van der Waals surface area contributed by atoms with Crippen molar-refractivity contribution in [3.05, 3.63) is 59.8 Å². The fraction of sp³-hybridized carbons (Fsp3) is 0.333. The third kappa shape index (κ3) is 3.73. The van der Waals surface area contributed by atoms with Crippen LogP contribution >= 0.6 is 0 Å². The molecule has 1 atom stereocenters. The van der Waals surface area contributed by atoms with Gasteiger partial charge in [0.15, 0.2) is 0 Å². The van der Waals surface area contributed by atoms with Gasteiger partial charge in [0.05, 0.1) is 12.2 Å². The summed E-state index contributed by atoms with van der Waals surface area (Å²) in [7, 11) is 0. The van der Waals surface area contributed by atoms with Crippen LogP contribution in [0.15, 0.2) is 64.5 Å². The van der Waals surface area contributed by atoms with E-state index in [1.807, 2.05) is 6.08 Å². The van der Waals surface area contributed by atoms with Crippen LogP contribution in [0, 0.1) is 0 Å². The average Bonchev–Trinajstić information content (AvgIpc) is 2.94. The molecule has 120 valence electrons. The first-order valence-corrected chi connectivity index (χ1v) is 7.73. The number of fused-ring (bicyclic) bond motifs is 1. The lowest BCUT2D eigenvalue weighted by Crippen LogP contribution is -2.22. The van der Waals surface area contributed by atoms with Gasteiger partial charge in [-0.3, -0.25) is 0 Å². The van der Waals surface area contributed by atoms with Gasteiger partial charge in [0.2, 0.25) is 0 Å². The van der Waals surface area contributed by atoms with Gasteiger partial charge in [-0.15, -0.1) is 0 Å². The number of nitrogens with zero attached hydrogens (tertiary/aromatic N) is 2. The molecule has 1 aromatic rings. The van der Waals surface area contributed by atoms with E-state index in [9.17, 15) is 8.78 Å². The number of halogens is 2. The van der Waals surface area contributed by atoms with E-state index < -0.39 is 6.11 Å². The molecule has 0 saturated heterocycles. The molecule has 0 aromatic heterocycles. The Morgan fingerprint density at radius 3 is 2.78 bits per heavy atom. The molecule has 0 radical (unpaired) electrons. The van der Waals surface area contributed by atoms with Gasteiger partial charge < -0.3 is 4.74 Å². The molecular weight excluding hydrogens is 298 g/mol. The molecule has 1 aliphatic heterocycles. The van der Waals surface area contributed by atoms with Crippen LogP contribution in [0.3, 0.4) is 0 Å². The van der Waals surface area contributed by atoms with Gasteiger partial charge in [0, 0.05) is 6.42 Å². The van der Waals surface area contributed by atoms with Gasteiger partial charge in [-0.1, -0.05) is 31.2 Å². The number of benzene rings is 1. The number of rotatable bonds is 4. The molecule has 0 spiro atoms. The number of hydrogen-bond donors (Lipinski definition) is 0. The molecule has 3 rings (SSSR count). The number of allylic oxidation sites excluding steroid dienone is 3. The highest BCUT2D eigenvalue weighted by Crippen LogP contribution is 2.30. The van der Waals surface area contributed by atoms with Crippen LogP contribution in [-0.4, -0.2) is 12.2 Å². The van der Waals surface area contributed by atoms with Crippen molar-refractivity contribution in [2.75, 3.05) is 0 Å². The third-order valence-corrected chi connectivity index (χ3v) is 3.89. The Labute approximate surface area is 134 Å². The lowest BCUT2D eigenvalue weighted by atomic mass is 9.95. The highest BCUT2D eigenvalue weighted by molar-refractivity contribution is 5.77. The van der Waals surface area contributed by atoms with Gasteiger partial charge in [-0.2, -0.15) is 19.0 Å². The summed E-state index contributed by atoms with van der Waals surface area (Å²) in [5.41, 5.74) is 3.05. The fourth-order valence-corrected chi connectivity index (χ4v) is 2.52. The van der Waals surface area contributed by atoms with Crippen molar-refractivity contribution in [2.45, 2.75) is 38.3 Å². The summed E-state index contributed by atoms with van der Waals surface area (Å²) >= 11 is 0. The van der Waals surface area contributed by atoms with E-state index in [1.54, 1.807) is 30.5 Å². The van der Waals surface area contributed by atoms with Gasteiger partial charge in [0.25, 0.3) is 0 Å². The summed E-state index contributed by atoms with van der Waals surface area (Å²) in [6, 6.07) is 6.85. The van der Waals surface area contributed by atoms with E-state index in [2.05, 4.69) is 22.4 Å². The number of alkyl halides is 2. The summed E-state index contributed by atoms with van der Waals surface area (Å²) in [4.78, 5) is 0. The maximum Gasteiger partial charge on any atom is 0.397 e. The average molecular weight is 316 g/mol. The molecule has 3 nitrogen and oxygen atoms in total. The van der Waals surface area contributed by atoms with Crippen LogP contribution in [-0.2, 0) is 0 Å². The van der Waals surface area contributed by atoms with Crippen molar-refractivity contribution in [1.29, 1.82) is 0 Å². The van der Waals surface area contributed by atoms with Crippen molar-refractivity contribution in [3.8, 4) is 5.75 Å². The Morgan fingerprint density at radius 2 is 2.04 bits per heavy atom. The minimum atomic E-state index is -3.13. The highest BCUT2D eigenvalue weighted by Gasteiger charge is 2.28. The van der Waals surface area contributed by atoms with Crippen molar-refractivity contribution in [1.82, 2.24) is 0 Å². The Balaban J connectivity index is 1.82. The van der Waals surface area contributed by atoms with Gasteiger partial charge in [-0.25, -0.2) is 0 Å². The molecule has 1 aromatic carbocycles. The van der Waals surface area contributed by atoms with E-state index in [0.717, 1.165) is 29.6 Å². The van der Waals surface area contributed by atoms with E-state index in [-0.39, 0.29) is 18.2 Å². The van der Waals surface area contributed by atoms with Crippen molar-refractivity contribution in [3.63, 3.8) is 0 Å². The molecule has 1 heterocycles. The van der Waals surface area contributed by atoms with Crippen LogP contribution in [0.1, 0.15) is 31.7 Å². The summed E-state index contributed by atoms with van der Waals surface area (Å²) < 4.78 is 31.2. The monoisotopic (exact) mass is 316 g/mol. The summed E-state index contributed by atoms with van der Waals surface area (Å²) in [6.45, 7) is 1.39.